The van der Waals surface area contributed by atoms with Crippen LogP contribution in [0.2, 0.25) is 0 Å². The number of carbonyl (C=O) groups is 1. The van der Waals surface area contributed by atoms with Crippen LogP contribution < -0.4 is 25.6 Å². The van der Waals surface area contributed by atoms with Gasteiger partial charge in [0.05, 0.1) is 48.8 Å². The van der Waals surface area contributed by atoms with E-state index in [1.165, 1.54) is 11.6 Å². The number of nitrogens with zero attached hydrogens (tertiary/aromatic N) is 4. The Balaban J connectivity index is 1.54. The number of anilines is 4. The molecule has 0 saturated heterocycles. The Morgan fingerprint density at radius 3 is 2.90 bits per heavy atom. The minimum Gasteiger partial charge on any atom is -0.494 e. The van der Waals surface area contributed by atoms with E-state index >= 15 is 0 Å². The van der Waals surface area contributed by atoms with Gasteiger partial charge < -0.3 is 34.9 Å². The Kier molecular flexibility index (Phi) is 7.76. The third-order valence-electron chi connectivity index (χ3n) is 6.80. The number of benzene rings is 2. The van der Waals surface area contributed by atoms with Crippen LogP contribution in [-0.4, -0.2) is 61.3 Å². The van der Waals surface area contributed by atoms with Crippen LogP contribution in [0.25, 0.3) is 22.2 Å². The average Bonchev–Trinajstić information content (AvgIpc) is 3.30. The van der Waals surface area contributed by atoms with Crippen LogP contribution in [-0.2, 0) is 22.7 Å². The predicted molar refractivity (Wildman–Crippen MR) is 155 cm³/mol. The molecular formula is C29H33N7O3. The molecule has 0 saturated carbocycles. The Hall–Kier alpha value is -4.41. The zero-order valence-electron chi connectivity index (χ0n) is 22.5. The first-order chi connectivity index (χ1) is 19.0. The minimum atomic E-state index is -0.305. The van der Waals surface area contributed by atoms with Gasteiger partial charge in [0.25, 0.3) is 0 Å². The number of nitrogens with one attached hydrogen (secondary N) is 3. The van der Waals surface area contributed by atoms with Gasteiger partial charge in [-0.3, -0.25) is 4.79 Å². The SMILES string of the molecule is C=CC(=O)Nc1cc(Nc2nccc(-c3c4n(c5ccccc35)CCOC4)n2)c(OC)cc1N(C)CCNC. The summed E-state index contributed by atoms with van der Waals surface area (Å²) in [5.41, 5.74) is 6.15. The maximum absolute atomic E-state index is 12.2. The van der Waals surface area contributed by atoms with Crippen molar-refractivity contribution < 1.29 is 14.3 Å². The number of likely N-dealkylation sites (N-methyl/N-ethyl adjacent to an activating group) is 2. The minimum absolute atomic E-state index is 0.305. The highest BCUT2D eigenvalue weighted by Crippen LogP contribution is 2.39. The molecule has 0 fully saturated rings. The highest BCUT2D eigenvalue weighted by molar-refractivity contribution is 6.02. The maximum atomic E-state index is 12.2. The van der Waals surface area contributed by atoms with Gasteiger partial charge >= 0.3 is 0 Å². The van der Waals surface area contributed by atoms with Gasteiger partial charge in [-0.15, -0.1) is 0 Å². The van der Waals surface area contributed by atoms with Crippen molar-refractivity contribution in [3.05, 3.63) is 67.0 Å². The monoisotopic (exact) mass is 527 g/mol. The molecular weight excluding hydrogens is 494 g/mol. The fourth-order valence-electron chi connectivity index (χ4n) is 4.89. The second-order valence-electron chi connectivity index (χ2n) is 9.22. The number of hydrogen-bond donors (Lipinski definition) is 3. The lowest BCUT2D eigenvalue weighted by molar-refractivity contribution is -0.111. The summed E-state index contributed by atoms with van der Waals surface area (Å²) in [6.07, 6.45) is 2.98. The molecule has 1 aliphatic heterocycles. The first-order valence-corrected chi connectivity index (χ1v) is 12.8. The predicted octanol–water partition coefficient (Wildman–Crippen LogP) is 4.16. The number of methoxy groups -OCH3 is 1. The van der Waals surface area contributed by atoms with Crippen LogP contribution in [0.4, 0.5) is 23.0 Å². The van der Waals surface area contributed by atoms with E-state index in [4.69, 9.17) is 14.5 Å². The molecule has 1 aliphatic rings. The summed E-state index contributed by atoms with van der Waals surface area (Å²) >= 11 is 0. The third-order valence-corrected chi connectivity index (χ3v) is 6.80. The highest BCUT2D eigenvalue weighted by Gasteiger charge is 2.22. The number of rotatable bonds is 10. The third kappa shape index (κ3) is 5.29. The van der Waals surface area contributed by atoms with Crippen LogP contribution in [0.5, 0.6) is 5.75 Å². The van der Waals surface area contributed by atoms with E-state index in [1.54, 1.807) is 13.3 Å². The van der Waals surface area contributed by atoms with E-state index < -0.39 is 0 Å². The van der Waals surface area contributed by atoms with Crippen molar-refractivity contribution in [2.24, 2.45) is 0 Å². The van der Waals surface area contributed by atoms with Crippen LogP contribution in [0, 0.1) is 0 Å². The summed E-state index contributed by atoms with van der Waals surface area (Å²) < 4.78 is 13.8. The van der Waals surface area contributed by atoms with Gasteiger partial charge in [0.2, 0.25) is 11.9 Å². The lowest BCUT2D eigenvalue weighted by atomic mass is 10.1. The standard InChI is InChI=1S/C29H33N7O3/c1-5-27(37)32-21-16-22(26(38-4)17-24(21)35(3)13-12-30-2)34-29-31-11-10-20(33-29)28-19-8-6-7-9-23(19)36-14-15-39-18-25(28)36/h5-11,16-17,30H,1,12-15,18H2,2-4H3,(H,32,37)(H,31,33,34). The van der Waals surface area contributed by atoms with E-state index in [2.05, 4.69) is 50.3 Å². The molecule has 4 aromatic rings. The van der Waals surface area contributed by atoms with Crippen molar-refractivity contribution in [3.63, 3.8) is 0 Å². The summed E-state index contributed by atoms with van der Waals surface area (Å²) in [4.78, 5) is 23.6. The Morgan fingerprint density at radius 1 is 1.26 bits per heavy atom. The van der Waals surface area contributed by atoms with Gasteiger partial charge in [-0.1, -0.05) is 24.8 Å². The fourth-order valence-corrected chi connectivity index (χ4v) is 4.89. The molecule has 3 heterocycles. The number of aromatic nitrogens is 3. The van der Waals surface area contributed by atoms with E-state index in [9.17, 15) is 4.79 Å². The second kappa shape index (κ2) is 11.5. The van der Waals surface area contributed by atoms with Gasteiger partial charge in [0.15, 0.2) is 0 Å². The number of fused-ring (bicyclic) bond motifs is 3. The molecule has 0 bridgehead atoms. The zero-order valence-corrected chi connectivity index (χ0v) is 22.5. The summed E-state index contributed by atoms with van der Waals surface area (Å²) in [6, 6.07) is 14.0. The van der Waals surface area contributed by atoms with Crippen LogP contribution in [0.3, 0.4) is 0 Å². The molecule has 10 heteroatoms. The summed E-state index contributed by atoms with van der Waals surface area (Å²) in [5, 5.41) is 10.5. The van der Waals surface area contributed by atoms with Gasteiger partial charge in [0.1, 0.15) is 5.75 Å². The molecule has 0 aliphatic carbocycles. The molecule has 0 spiro atoms. The molecule has 10 nitrogen and oxygen atoms in total. The maximum Gasteiger partial charge on any atom is 0.247 e. The highest BCUT2D eigenvalue weighted by atomic mass is 16.5. The topological polar surface area (TPSA) is 106 Å². The molecule has 1 amide bonds. The van der Waals surface area contributed by atoms with E-state index in [1.807, 2.05) is 43.3 Å². The summed E-state index contributed by atoms with van der Waals surface area (Å²) in [6.45, 7) is 7.11. The van der Waals surface area contributed by atoms with Crippen molar-refractivity contribution in [2.45, 2.75) is 13.2 Å². The van der Waals surface area contributed by atoms with Crippen LogP contribution in [0.1, 0.15) is 5.69 Å². The van der Waals surface area contributed by atoms with Crippen molar-refractivity contribution in [3.8, 4) is 17.0 Å². The van der Waals surface area contributed by atoms with E-state index in [-0.39, 0.29) is 5.91 Å². The molecule has 3 N–H and O–H groups in total. The van der Waals surface area contributed by atoms with E-state index in [0.29, 0.717) is 36.3 Å². The number of hydrogen-bond acceptors (Lipinski definition) is 8. The van der Waals surface area contributed by atoms with Crippen LogP contribution in [0.15, 0.2) is 61.3 Å². The van der Waals surface area contributed by atoms with Crippen LogP contribution >= 0.6 is 0 Å². The summed E-state index contributed by atoms with van der Waals surface area (Å²) in [7, 11) is 5.47. The van der Waals surface area contributed by atoms with Crippen molar-refractivity contribution in [2.75, 3.05) is 56.4 Å². The molecule has 2 aromatic carbocycles. The Bertz CT molecular complexity index is 1510. The first kappa shape index (κ1) is 26.2. The largest absolute Gasteiger partial charge is 0.494 e. The van der Waals surface area contributed by atoms with Gasteiger partial charge in [-0.05, 0) is 31.3 Å². The van der Waals surface area contributed by atoms with Crippen molar-refractivity contribution in [1.82, 2.24) is 19.9 Å². The normalized spacial score (nSPS) is 12.6. The van der Waals surface area contributed by atoms with Gasteiger partial charge in [0, 0.05) is 55.4 Å². The molecule has 0 unspecified atom stereocenters. The Labute approximate surface area is 227 Å². The number of carbonyl (C=O) groups excluding carboxylic acids is 1. The lowest BCUT2D eigenvalue weighted by Crippen LogP contribution is -2.28. The molecule has 39 heavy (non-hydrogen) atoms. The van der Waals surface area contributed by atoms with Crippen molar-refractivity contribution >= 4 is 39.8 Å². The van der Waals surface area contributed by atoms with E-state index in [0.717, 1.165) is 47.7 Å². The quantitative estimate of drug-likeness (QED) is 0.264. The molecule has 2 aromatic heterocycles. The van der Waals surface area contributed by atoms with Gasteiger partial charge in [-0.2, -0.15) is 0 Å². The zero-order chi connectivity index (χ0) is 27.4. The average molecular weight is 528 g/mol. The number of ether oxygens (including phenoxy) is 2. The second-order valence-corrected chi connectivity index (χ2v) is 9.22. The molecule has 0 radical (unpaired) electrons. The lowest BCUT2D eigenvalue weighted by Gasteiger charge is -2.24. The smallest absolute Gasteiger partial charge is 0.247 e. The van der Waals surface area contributed by atoms with Gasteiger partial charge in [-0.25, -0.2) is 9.97 Å². The number of amides is 1. The van der Waals surface area contributed by atoms with Crippen molar-refractivity contribution in [1.29, 1.82) is 0 Å². The Morgan fingerprint density at radius 2 is 2.10 bits per heavy atom. The number of para-hydroxylation sites is 1. The first-order valence-electron chi connectivity index (χ1n) is 12.8. The fraction of sp³-hybridized carbons (Fsp3) is 0.276. The molecule has 5 rings (SSSR count). The molecule has 0 atom stereocenters. The summed E-state index contributed by atoms with van der Waals surface area (Å²) in [5.74, 6) is 0.691. The molecule has 202 valence electrons.